The molecule has 2 heteroatoms. The van der Waals surface area contributed by atoms with Crippen molar-refractivity contribution in [3.05, 3.63) is 29.6 Å². The number of hydrogen-bond donors (Lipinski definition) is 1. The van der Waals surface area contributed by atoms with Gasteiger partial charge in [0.15, 0.2) is 0 Å². The first-order valence-corrected chi connectivity index (χ1v) is 6.72. The molecular weight excluding hydrogens is 213 g/mol. The summed E-state index contributed by atoms with van der Waals surface area (Å²) in [5.74, 6) is 0.791. The summed E-state index contributed by atoms with van der Waals surface area (Å²) in [7, 11) is 0. The third-order valence-corrected chi connectivity index (χ3v) is 4.05. The van der Waals surface area contributed by atoms with Gasteiger partial charge in [-0.05, 0) is 50.7 Å². The van der Waals surface area contributed by atoms with E-state index in [9.17, 15) is 4.39 Å². The molecule has 94 valence electrons. The van der Waals surface area contributed by atoms with Crippen LogP contribution in [0.15, 0.2) is 18.2 Å². The lowest BCUT2D eigenvalue weighted by atomic mass is 9.84. The van der Waals surface area contributed by atoms with E-state index in [1.54, 1.807) is 6.07 Å². The first-order chi connectivity index (χ1) is 8.20. The Labute approximate surface area is 103 Å². The smallest absolute Gasteiger partial charge is 0.128 e. The lowest BCUT2D eigenvalue weighted by molar-refractivity contribution is 0.330. The Hall–Kier alpha value is -1.05. The monoisotopic (exact) mass is 235 g/mol. The van der Waals surface area contributed by atoms with Crippen molar-refractivity contribution in [3.63, 3.8) is 0 Å². The quantitative estimate of drug-likeness (QED) is 0.812. The Morgan fingerprint density at radius 3 is 2.59 bits per heavy atom. The zero-order valence-electron chi connectivity index (χ0n) is 10.8. The molecule has 1 fully saturated rings. The molecule has 0 aromatic heterocycles. The van der Waals surface area contributed by atoms with E-state index in [2.05, 4.69) is 12.2 Å². The van der Waals surface area contributed by atoms with Gasteiger partial charge in [-0.25, -0.2) is 4.39 Å². The number of hydrogen-bond acceptors (Lipinski definition) is 1. The topological polar surface area (TPSA) is 12.0 Å². The van der Waals surface area contributed by atoms with E-state index < -0.39 is 0 Å². The molecule has 0 radical (unpaired) electrons. The fraction of sp³-hybridized carbons (Fsp3) is 0.600. The van der Waals surface area contributed by atoms with Crippen molar-refractivity contribution in [3.8, 4) is 0 Å². The summed E-state index contributed by atoms with van der Waals surface area (Å²) < 4.78 is 13.4. The largest absolute Gasteiger partial charge is 0.382 e. The Morgan fingerprint density at radius 2 is 1.94 bits per heavy atom. The van der Waals surface area contributed by atoms with Crippen LogP contribution >= 0.6 is 0 Å². The zero-order chi connectivity index (χ0) is 12.3. The molecule has 1 aliphatic carbocycles. The van der Waals surface area contributed by atoms with Gasteiger partial charge in [-0.3, -0.25) is 0 Å². The molecule has 0 heterocycles. The van der Waals surface area contributed by atoms with Crippen molar-refractivity contribution in [2.75, 3.05) is 5.32 Å². The van der Waals surface area contributed by atoms with Crippen LogP contribution in [-0.4, -0.2) is 6.04 Å². The number of halogens is 1. The standard InChI is InChI=1S/C15H22FN/c1-3-12-7-9-13(10-8-12)17-15-6-4-5-14(16)11(15)2/h4-6,12-13,17H,3,7-10H2,1-2H3. The minimum absolute atomic E-state index is 0.114. The summed E-state index contributed by atoms with van der Waals surface area (Å²) in [5.41, 5.74) is 1.70. The summed E-state index contributed by atoms with van der Waals surface area (Å²) in [5, 5.41) is 3.49. The van der Waals surface area contributed by atoms with E-state index in [0.717, 1.165) is 17.2 Å². The molecule has 1 aromatic carbocycles. The van der Waals surface area contributed by atoms with E-state index >= 15 is 0 Å². The van der Waals surface area contributed by atoms with Crippen LogP contribution in [0.2, 0.25) is 0 Å². The number of anilines is 1. The van der Waals surface area contributed by atoms with Crippen LogP contribution in [0.3, 0.4) is 0 Å². The van der Waals surface area contributed by atoms with Gasteiger partial charge in [-0.1, -0.05) is 19.4 Å². The first-order valence-electron chi connectivity index (χ1n) is 6.72. The minimum atomic E-state index is -0.114. The maximum Gasteiger partial charge on any atom is 0.128 e. The average Bonchev–Trinajstić information content (AvgIpc) is 2.36. The fourth-order valence-electron chi connectivity index (χ4n) is 2.70. The van der Waals surface area contributed by atoms with Crippen LogP contribution in [-0.2, 0) is 0 Å². The highest BCUT2D eigenvalue weighted by Gasteiger charge is 2.20. The fourth-order valence-corrected chi connectivity index (χ4v) is 2.70. The molecule has 0 saturated heterocycles. The lowest BCUT2D eigenvalue weighted by Gasteiger charge is -2.29. The highest BCUT2D eigenvalue weighted by molar-refractivity contribution is 5.51. The SMILES string of the molecule is CCC1CCC(Nc2cccc(F)c2C)CC1. The van der Waals surface area contributed by atoms with Crippen LogP contribution in [0.1, 0.15) is 44.6 Å². The Morgan fingerprint density at radius 1 is 1.24 bits per heavy atom. The molecule has 1 nitrogen and oxygen atoms in total. The molecule has 17 heavy (non-hydrogen) atoms. The van der Waals surface area contributed by atoms with Crippen LogP contribution < -0.4 is 5.32 Å². The van der Waals surface area contributed by atoms with E-state index in [0.29, 0.717) is 6.04 Å². The summed E-state index contributed by atoms with van der Waals surface area (Å²) in [4.78, 5) is 0. The van der Waals surface area contributed by atoms with Crippen molar-refractivity contribution in [2.45, 2.75) is 52.0 Å². The molecule has 2 rings (SSSR count). The molecule has 0 aliphatic heterocycles. The molecular formula is C15H22FN. The second-order valence-electron chi connectivity index (χ2n) is 5.18. The van der Waals surface area contributed by atoms with Gasteiger partial charge in [0.2, 0.25) is 0 Å². The minimum Gasteiger partial charge on any atom is -0.382 e. The van der Waals surface area contributed by atoms with Gasteiger partial charge in [-0.2, -0.15) is 0 Å². The maximum absolute atomic E-state index is 13.4. The second kappa shape index (κ2) is 5.52. The Kier molecular flexibility index (Phi) is 4.03. The van der Waals surface area contributed by atoms with E-state index in [1.165, 1.54) is 38.2 Å². The number of nitrogens with one attached hydrogen (secondary N) is 1. The molecule has 1 aromatic rings. The van der Waals surface area contributed by atoms with Crippen LogP contribution in [0, 0.1) is 18.7 Å². The van der Waals surface area contributed by atoms with Gasteiger partial charge < -0.3 is 5.32 Å². The molecule has 0 unspecified atom stereocenters. The van der Waals surface area contributed by atoms with Gasteiger partial charge in [0.1, 0.15) is 5.82 Å². The van der Waals surface area contributed by atoms with Crippen molar-refractivity contribution in [1.29, 1.82) is 0 Å². The van der Waals surface area contributed by atoms with Gasteiger partial charge in [-0.15, -0.1) is 0 Å². The van der Waals surface area contributed by atoms with Crippen molar-refractivity contribution >= 4 is 5.69 Å². The predicted octanol–water partition coefficient (Wildman–Crippen LogP) is 4.51. The van der Waals surface area contributed by atoms with Crippen molar-refractivity contribution in [2.24, 2.45) is 5.92 Å². The van der Waals surface area contributed by atoms with E-state index in [1.807, 2.05) is 13.0 Å². The Bertz CT molecular complexity index is 367. The number of rotatable bonds is 3. The second-order valence-corrected chi connectivity index (χ2v) is 5.18. The third kappa shape index (κ3) is 2.99. The van der Waals surface area contributed by atoms with Gasteiger partial charge in [0, 0.05) is 17.3 Å². The Balaban J connectivity index is 1.95. The molecule has 0 atom stereocenters. The summed E-state index contributed by atoms with van der Waals surface area (Å²) in [6.45, 7) is 4.12. The molecule has 1 N–H and O–H groups in total. The molecule has 0 spiro atoms. The van der Waals surface area contributed by atoms with Gasteiger partial charge >= 0.3 is 0 Å². The van der Waals surface area contributed by atoms with Crippen molar-refractivity contribution < 1.29 is 4.39 Å². The highest BCUT2D eigenvalue weighted by atomic mass is 19.1. The number of benzene rings is 1. The molecule has 1 saturated carbocycles. The third-order valence-electron chi connectivity index (χ3n) is 4.05. The van der Waals surface area contributed by atoms with Gasteiger partial charge in [0.25, 0.3) is 0 Å². The van der Waals surface area contributed by atoms with Crippen LogP contribution in [0.25, 0.3) is 0 Å². The first kappa shape index (κ1) is 12.4. The van der Waals surface area contributed by atoms with Crippen LogP contribution in [0.4, 0.5) is 10.1 Å². The highest BCUT2D eigenvalue weighted by Crippen LogP contribution is 2.29. The predicted molar refractivity (Wildman–Crippen MR) is 70.8 cm³/mol. The van der Waals surface area contributed by atoms with E-state index in [4.69, 9.17) is 0 Å². The lowest BCUT2D eigenvalue weighted by Crippen LogP contribution is -2.26. The molecule has 0 bridgehead atoms. The average molecular weight is 235 g/mol. The summed E-state index contributed by atoms with van der Waals surface area (Å²) in [6, 6.07) is 5.81. The van der Waals surface area contributed by atoms with E-state index in [-0.39, 0.29) is 5.82 Å². The molecule has 1 aliphatic rings. The summed E-state index contributed by atoms with van der Waals surface area (Å²) in [6.07, 6.45) is 6.35. The van der Waals surface area contributed by atoms with Crippen molar-refractivity contribution in [1.82, 2.24) is 0 Å². The van der Waals surface area contributed by atoms with Crippen LogP contribution in [0.5, 0.6) is 0 Å². The summed E-state index contributed by atoms with van der Waals surface area (Å²) >= 11 is 0. The normalized spacial score (nSPS) is 24.6. The zero-order valence-corrected chi connectivity index (χ0v) is 10.8. The van der Waals surface area contributed by atoms with Gasteiger partial charge in [0.05, 0.1) is 0 Å². The maximum atomic E-state index is 13.4. The molecule has 0 amide bonds.